The molecule has 1 saturated carbocycles. The van der Waals surface area contributed by atoms with Crippen LogP contribution in [0.25, 0.3) is 10.9 Å². The van der Waals surface area contributed by atoms with Crippen LogP contribution in [0.2, 0.25) is 0 Å². The highest BCUT2D eigenvalue weighted by Gasteiger charge is 2.51. The highest BCUT2D eigenvalue weighted by molar-refractivity contribution is 7.90. The Bertz CT molecular complexity index is 1560. The summed E-state index contributed by atoms with van der Waals surface area (Å²) in [6.45, 7) is 1.60. The van der Waals surface area contributed by atoms with Crippen LogP contribution in [0.4, 0.5) is 14.5 Å². The van der Waals surface area contributed by atoms with E-state index in [4.69, 9.17) is 4.74 Å². The number of aromatic nitrogens is 2. The molecule has 0 radical (unpaired) electrons. The van der Waals surface area contributed by atoms with Crippen LogP contribution < -0.4 is 15.0 Å². The smallest absolute Gasteiger partial charge is 0.301 e. The van der Waals surface area contributed by atoms with Crippen molar-refractivity contribution < 1.29 is 21.9 Å². The Labute approximate surface area is 206 Å². The summed E-state index contributed by atoms with van der Waals surface area (Å²) in [5, 5.41) is 9.85. The van der Waals surface area contributed by atoms with Gasteiger partial charge in [-0.05, 0) is 55.5 Å². The first kappa shape index (κ1) is 24.1. The van der Waals surface area contributed by atoms with Gasteiger partial charge in [-0.25, -0.2) is 13.8 Å². The topological polar surface area (TPSA) is 117 Å². The molecule has 1 N–H and O–H groups in total. The summed E-state index contributed by atoms with van der Waals surface area (Å²) in [6.07, 6.45) is 4.33. The molecule has 2 aliphatic rings. The summed E-state index contributed by atoms with van der Waals surface area (Å²) in [7, 11) is -3.94. The maximum absolute atomic E-state index is 14.8. The van der Waals surface area contributed by atoms with Gasteiger partial charge in [0.2, 0.25) is 0 Å². The van der Waals surface area contributed by atoms with Gasteiger partial charge in [-0.15, -0.1) is 0 Å². The average molecular weight is 516 g/mol. The van der Waals surface area contributed by atoms with Gasteiger partial charge in [-0.3, -0.25) is 14.1 Å². The van der Waals surface area contributed by atoms with Gasteiger partial charge in [-0.1, -0.05) is 6.42 Å². The van der Waals surface area contributed by atoms with Crippen LogP contribution >= 0.6 is 0 Å². The van der Waals surface area contributed by atoms with Gasteiger partial charge < -0.3 is 4.74 Å². The minimum Gasteiger partial charge on any atom is -0.453 e. The predicted octanol–water partition coefficient (Wildman–Crippen LogP) is 3.87. The summed E-state index contributed by atoms with van der Waals surface area (Å²) < 4.78 is 64.0. The van der Waals surface area contributed by atoms with Crippen LogP contribution in [0.1, 0.15) is 37.8 Å². The van der Waals surface area contributed by atoms with Gasteiger partial charge >= 0.3 is 10.2 Å². The van der Waals surface area contributed by atoms with Crippen molar-refractivity contribution in [2.75, 3.05) is 24.5 Å². The number of alkyl halides is 1. The number of ether oxygens (including phenoxy) is 1. The number of nitrogens with zero attached hydrogens (tertiary/aromatic N) is 4. The number of halogens is 2. The van der Waals surface area contributed by atoms with Crippen LogP contribution in [-0.4, -0.2) is 42.0 Å². The van der Waals surface area contributed by atoms with Crippen molar-refractivity contribution in [1.82, 2.24) is 13.9 Å². The monoisotopic (exact) mass is 515 g/mol. The fraction of sp³-hybridized carbons (Fsp3) is 0.375. The molecule has 2 aromatic carbocycles. The zero-order chi connectivity index (χ0) is 25.7. The van der Waals surface area contributed by atoms with Gasteiger partial charge in [-0.2, -0.15) is 18.0 Å². The van der Waals surface area contributed by atoms with Crippen LogP contribution in [-0.2, 0) is 10.2 Å². The van der Waals surface area contributed by atoms with Crippen molar-refractivity contribution in [2.24, 2.45) is 5.41 Å². The zero-order valence-electron chi connectivity index (χ0n) is 19.4. The third kappa shape index (κ3) is 4.08. The fourth-order valence-electron chi connectivity index (χ4n) is 4.61. The van der Waals surface area contributed by atoms with Crippen molar-refractivity contribution in [3.63, 3.8) is 0 Å². The lowest BCUT2D eigenvalue weighted by atomic mass is 9.65. The molecule has 1 unspecified atom stereocenters. The summed E-state index contributed by atoms with van der Waals surface area (Å²) in [6, 6.07) is 7.49. The second-order valence-electron chi connectivity index (χ2n) is 9.38. The first-order valence-corrected chi connectivity index (χ1v) is 12.9. The maximum Gasteiger partial charge on any atom is 0.301 e. The van der Waals surface area contributed by atoms with Gasteiger partial charge in [0.1, 0.15) is 24.1 Å². The lowest BCUT2D eigenvalue weighted by molar-refractivity contribution is -0.00752. The molecule has 188 valence electrons. The Morgan fingerprint density at radius 2 is 2.03 bits per heavy atom. The van der Waals surface area contributed by atoms with Crippen molar-refractivity contribution >= 4 is 26.8 Å². The van der Waals surface area contributed by atoms with E-state index < -0.39 is 40.1 Å². The van der Waals surface area contributed by atoms with Crippen LogP contribution in [0.5, 0.6) is 11.5 Å². The number of nitrogens with one attached hydrogen (secondary N) is 1. The van der Waals surface area contributed by atoms with Gasteiger partial charge in [0.05, 0.1) is 29.0 Å². The minimum absolute atomic E-state index is 0.0251. The van der Waals surface area contributed by atoms with E-state index >= 15 is 0 Å². The molecule has 12 heteroatoms. The molecule has 1 aliphatic heterocycles. The Hall–Kier alpha value is -3.56. The molecule has 9 nitrogen and oxygen atoms in total. The molecule has 0 bridgehead atoms. The third-order valence-corrected chi connectivity index (χ3v) is 8.33. The Balaban J connectivity index is 1.46. The number of fused-ring (bicyclic) bond motifs is 1. The molecule has 2 fully saturated rings. The van der Waals surface area contributed by atoms with E-state index in [1.54, 1.807) is 0 Å². The lowest BCUT2D eigenvalue weighted by Crippen LogP contribution is -2.62. The third-order valence-electron chi connectivity index (χ3n) is 6.91. The summed E-state index contributed by atoms with van der Waals surface area (Å²) >= 11 is 0. The molecule has 1 saturated heterocycles. The van der Waals surface area contributed by atoms with Crippen molar-refractivity contribution in [2.45, 2.75) is 32.2 Å². The van der Waals surface area contributed by atoms with E-state index in [0.717, 1.165) is 29.9 Å². The molecule has 1 spiro atoms. The number of hydrogen-bond acceptors (Lipinski definition) is 6. The number of benzene rings is 2. The van der Waals surface area contributed by atoms with E-state index in [9.17, 15) is 27.3 Å². The zero-order valence-corrected chi connectivity index (χ0v) is 20.2. The Morgan fingerprint density at radius 3 is 2.67 bits per heavy atom. The summed E-state index contributed by atoms with van der Waals surface area (Å²) in [4.78, 5) is 16.9. The van der Waals surface area contributed by atoms with E-state index in [0.29, 0.717) is 18.6 Å². The number of nitriles is 1. The predicted molar refractivity (Wildman–Crippen MR) is 128 cm³/mol. The lowest BCUT2D eigenvalue weighted by Gasteiger charge is -2.54. The molecule has 5 rings (SSSR count). The molecule has 36 heavy (non-hydrogen) atoms. The summed E-state index contributed by atoms with van der Waals surface area (Å²) in [5.41, 5.74) is -0.569. The fourth-order valence-corrected chi connectivity index (χ4v) is 6.07. The Kier molecular flexibility index (Phi) is 5.92. The van der Waals surface area contributed by atoms with Crippen molar-refractivity contribution in [3.05, 3.63) is 58.4 Å². The first-order valence-electron chi connectivity index (χ1n) is 11.4. The van der Waals surface area contributed by atoms with E-state index in [-0.39, 0.29) is 27.8 Å². The van der Waals surface area contributed by atoms with Crippen LogP contribution in [0.15, 0.2) is 41.5 Å². The molecule has 2 heterocycles. The number of rotatable bonds is 7. The standard InChI is InChI=1S/C24H23F2N5O4S/c1-15(10-25)31-14-28-20-5-3-16(9-17(20)23(31)32)35-22-18(11-27)21(6-4-19(22)26)29-36(33,34)30-12-24(13-30)7-2-8-24/h3-6,9,14-15,29H,2,7-8,10,12-13H2,1H3. The van der Waals surface area contributed by atoms with Gasteiger partial charge in [0, 0.05) is 13.1 Å². The first-order chi connectivity index (χ1) is 17.2. The Morgan fingerprint density at radius 1 is 1.28 bits per heavy atom. The molecule has 3 aromatic rings. The van der Waals surface area contributed by atoms with Crippen LogP contribution in [0.3, 0.4) is 0 Å². The van der Waals surface area contributed by atoms with Crippen molar-refractivity contribution in [1.29, 1.82) is 5.26 Å². The highest BCUT2D eigenvalue weighted by Crippen LogP contribution is 2.49. The number of anilines is 1. The quantitative estimate of drug-likeness (QED) is 0.511. The highest BCUT2D eigenvalue weighted by atomic mass is 32.2. The van der Waals surface area contributed by atoms with E-state index in [2.05, 4.69) is 9.71 Å². The van der Waals surface area contributed by atoms with E-state index in [1.807, 2.05) is 6.07 Å². The summed E-state index contributed by atoms with van der Waals surface area (Å²) in [5.74, 6) is -1.35. The molecular formula is C24H23F2N5O4S. The van der Waals surface area contributed by atoms with Gasteiger partial charge in [0.25, 0.3) is 5.56 Å². The molecule has 1 aromatic heterocycles. The average Bonchev–Trinajstić information content (AvgIpc) is 2.79. The largest absolute Gasteiger partial charge is 0.453 e. The second-order valence-corrected chi connectivity index (χ2v) is 11.1. The maximum atomic E-state index is 14.8. The number of hydrogen-bond donors (Lipinski definition) is 1. The molecule has 0 amide bonds. The SMILES string of the molecule is CC(CF)n1cnc2ccc(Oc3c(F)ccc(NS(=O)(=O)N4CC5(CCC5)C4)c3C#N)cc2c1=O. The second kappa shape index (κ2) is 8.83. The van der Waals surface area contributed by atoms with Gasteiger partial charge in [0.15, 0.2) is 11.6 Å². The minimum atomic E-state index is -3.94. The van der Waals surface area contributed by atoms with E-state index in [1.165, 1.54) is 41.8 Å². The normalized spacial score (nSPS) is 17.7. The molecular weight excluding hydrogens is 492 g/mol. The van der Waals surface area contributed by atoms with Crippen LogP contribution in [0, 0.1) is 22.6 Å². The van der Waals surface area contributed by atoms with Crippen molar-refractivity contribution in [3.8, 4) is 17.6 Å². The molecule has 1 atom stereocenters. The molecule has 1 aliphatic carbocycles.